The van der Waals surface area contributed by atoms with Crippen molar-refractivity contribution in [3.05, 3.63) is 101 Å². The monoisotopic (exact) mass is 432 g/mol. The van der Waals surface area contributed by atoms with Gasteiger partial charge in [-0.05, 0) is 42.3 Å². The predicted molar refractivity (Wildman–Crippen MR) is 124 cm³/mol. The summed E-state index contributed by atoms with van der Waals surface area (Å²) in [4.78, 5) is 1.75. The van der Waals surface area contributed by atoms with E-state index in [1.165, 1.54) is 5.56 Å². The highest BCUT2D eigenvalue weighted by atomic mass is 35.5. The van der Waals surface area contributed by atoms with Crippen LogP contribution in [0.2, 0.25) is 5.02 Å². The SMILES string of the molecule is COc1ccccc1CCNCc1nn(Cc2ccc(Cl)cc2)nc1-c1ccccc1. The van der Waals surface area contributed by atoms with E-state index in [0.29, 0.717) is 13.1 Å². The Labute approximate surface area is 187 Å². The van der Waals surface area contributed by atoms with Crippen LogP contribution < -0.4 is 10.1 Å². The summed E-state index contributed by atoms with van der Waals surface area (Å²) >= 11 is 6.00. The second kappa shape index (κ2) is 10.2. The standard InChI is InChI=1S/C25H25ClN4O/c1-31-24-10-6-5-7-20(24)15-16-27-17-23-25(21-8-3-2-4-9-21)29-30(28-23)18-19-11-13-22(26)14-12-19/h2-14,27H,15-18H2,1H3. The van der Waals surface area contributed by atoms with E-state index < -0.39 is 0 Å². The van der Waals surface area contributed by atoms with E-state index in [-0.39, 0.29) is 0 Å². The first-order valence-corrected chi connectivity index (χ1v) is 10.7. The van der Waals surface area contributed by atoms with Gasteiger partial charge in [-0.1, -0.05) is 72.3 Å². The van der Waals surface area contributed by atoms with E-state index in [9.17, 15) is 0 Å². The Hall–Kier alpha value is -3.15. The van der Waals surface area contributed by atoms with E-state index in [2.05, 4.69) is 23.5 Å². The zero-order valence-corrected chi connectivity index (χ0v) is 18.2. The molecule has 0 fully saturated rings. The van der Waals surface area contributed by atoms with E-state index in [1.807, 2.05) is 60.7 Å². The van der Waals surface area contributed by atoms with Crippen LogP contribution in [-0.2, 0) is 19.5 Å². The molecule has 0 unspecified atom stereocenters. The van der Waals surface area contributed by atoms with E-state index in [0.717, 1.165) is 46.3 Å². The molecule has 0 aliphatic carbocycles. The lowest BCUT2D eigenvalue weighted by Crippen LogP contribution is -2.18. The Balaban J connectivity index is 1.47. The van der Waals surface area contributed by atoms with Crippen molar-refractivity contribution in [2.24, 2.45) is 0 Å². The largest absolute Gasteiger partial charge is 0.496 e. The van der Waals surface area contributed by atoms with Crippen molar-refractivity contribution in [2.45, 2.75) is 19.5 Å². The number of nitrogens with zero attached hydrogens (tertiary/aromatic N) is 3. The van der Waals surface area contributed by atoms with E-state index in [1.54, 1.807) is 11.9 Å². The lowest BCUT2D eigenvalue weighted by Gasteiger charge is -2.08. The first-order valence-electron chi connectivity index (χ1n) is 10.3. The van der Waals surface area contributed by atoms with Crippen LogP contribution >= 0.6 is 11.6 Å². The molecule has 3 aromatic carbocycles. The van der Waals surface area contributed by atoms with Gasteiger partial charge < -0.3 is 10.1 Å². The third kappa shape index (κ3) is 5.51. The minimum absolute atomic E-state index is 0.595. The summed E-state index contributed by atoms with van der Waals surface area (Å²) in [6.45, 7) is 2.05. The van der Waals surface area contributed by atoms with Crippen molar-refractivity contribution in [3.63, 3.8) is 0 Å². The Morgan fingerprint density at radius 3 is 2.42 bits per heavy atom. The summed E-state index contributed by atoms with van der Waals surface area (Å²) < 4.78 is 5.44. The van der Waals surface area contributed by atoms with Gasteiger partial charge in [0.25, 0.3) is 0 Å². The highest BCUT2D eigenvalue weighted by molar-refractivity contribution is 6.30. The molecular formula is C25H25ClN4O. The molecule has 31 heavy (non-hydrogen) atoms. The minimum atomic E-state index is 0.595. The normalized spacial score (nSPS) is 10.9. The minimum Gasteiger partial charge on any atom is -0.496 e. The van der Waals surface area contributed by atoms with Gasteiger partial charge in [-0.15, -0.1) is 0 Å². The summed E-state index contributed by atoms with van der Waals surface area (Å²) in [5.74, 6) is 0.920. The number of ether oxygens (including phenoxy) is 1. The highest BCUT2D eigenvalue weighted by Crippen LogP contribution is 2.21. The van der Waals surface area contributed by atoms with Crippen LogP contribution in [0.5, 0.6) is 5.75 Å². The number of nitrogens with one attached hydrogen (secondary N) is 1. The second-order valence-corrected chi connectivity index (χ2v) is 7.69. The number of aromatic nitrogens is 3. The van der Waals surface area contributed by atoms with Crippen LogP contribution in [-0.4, -0.2) is 28.6 Å². The van der Waals surface area contributed by atoms with Gasteiger partial charge in [0.2, 0.25) is 0 Å². The third-order valence-corrected chi connectivity index (χ3v) is 5.32. The molecule has 0 amide bonds. The number of benzene rings is 3. The molecule has 1 heterocycles. The van der Waals surface area contributed by atoms with Gasteiger partial charge in [0, 0.05) is 17.1 Å². The van der Waals surface area contributed by atoms with Crippen LogP contribution in [0.3, 0.4) is 0 Å². The van der Waals surface area contributed by atoms with Gasteiger partial charge in [-0.25, -0.2) is 0 Å². The smallest absolute Gasteiger partial charge is 0.122 e. The summed E-state index contributed by atoms with van der Waals surface area (Å²) in [6.07, 6.45) is 0.879. The van der Waals surface area contributed by atoms with Crippen molar-refractivity contribution in [2.75, 3.05) is 13.7 Å². The van der Waals surface area contributed by atoms with Gasteiger partial charge in [-0.3, -0.25) is 0 Å². The third-order valence-electron chi connectivity index (χ3n) is 5.07. The Bertz CT molecular complexity index is 1110. The topological polar surface area (TPSA) is 52.0 Å². The summed E-state index contributed by atoms with van der Waals surface area (Å²) in [6, 6.07) is 26.1. The fourth-order valence-electron chi connectivity index (χ4n) is 3.48. The number of hydrogen-bond donors (Lipinski definition) is 1. The van der Waals surface area contributed by atoms with Crippen molar-refractivity contribution < 1.29 is 4.74 Å². The average Bonchev–Trinajstić information content (AvgIpc) is 3.21. The first-order chi connectivity index (χ1) is 15.2. The average molecular weight is 433 g/mol. The van der Waals surface area contributed by atoms with Crippen molar-refractivity contribution >= 4 is 11.6 Å². The van der Waals surface area contributed by atoms with Gasteiger partial charge in [-0.2, -0.15) is 15.0 Å². The van der Waals surface area contributed by atoms with Crippen LogP contribution in [0.1, 0.15) is 16.8 Å². The fourth-order valence-corrected chi connectivity index (χ4v) is 3.61. The van der Waals surface area contributed by atoms with Crippen LogP contribution in [0.25, 0.3) is 11.3 Å². The fraction of sp³-hybridized carbons (Fsp3) is 0.200. The molecule has 4 aromatic rings. The van der Waals surface area contributed by atoms with Gasteiger partial charge >= 0.3 is 0 Å². The maximum atomic E-state index is 6.00. The maximum Gasteiger partial charge on any atom is 0.122 e. The number of hydrogen-bond acceptors (Lipinski definition) is 4. The molecule has 4 rings (SSSR count). The second-order valence-electron chi connectivity index (χ2n) is 7.26. The van der Waals surface area contributed by atoms with Crippen molar-refractivity contribution in [1.82, 2.24) is 20.3 Å². The molecule has 0 spiro atoms. The summed E-state index contributed by atoms with van der Waals surface area (Å²) in [5.41, 5.74) is 5.19. The van der Waals surface area contributed by atoms with Gasteiger partial charge in [0.05, 0.1) is 13.7 Å². The Kier molecular flexibility index (Phi) is 6.97. The van der Waals surface area contributed by atoms with Crippen molar-refractivity contribution in [3.8, 4) is 17.0 Å². The molecule has 1 N–H and O–H groups in total. The maximum absolute atomic E-state index is 6.00. The highest BCUT2D eigenvalue weighted by Gasteiger charge is 2.13. The predicted octanol–water partition coefficient (Wildman–Crippen LogP) is 4.99. The molecule has 5 nitrogen and oxygen atoms in total. The molecule has 0 bridgehead atoms. The molecule has 0 aliphatic rings. The lowest BCUT2D eigenvalue weighted by atomic mass is 10.1. The number of halogens is 1. The quantitative estimate of drug-likeness (QED) is 0.379. The molecule has 0 radical (unpaired) electrons. The zero-order valence-electron chi connectivity index (χ0n) is 17.5. The molecule has 6 heteroatoms. The first kappa shape index (κ1) is 21.1. The van der Waals surface area contributed by atoms with Crippen LogP contribution in [0, 0.1) is 0 Å². The summed E-state index contributed by atoms with van der Waals surface area (Å²) in [7, 11) is 1.71. The lowest BCUT2D eigenvalue weighted by molar-refractivity contribution is 0.409. The molecule has 158 valence electrons. The Morgan fingerprint density at radius 1 is 0.903 bits per heavy atom. The Morgan fingerprint density at radius 2 is 1.65 bits per heavy atom. The number of para-hydroxylation sites is 1. The molecule has 0 saturated carbocycles. The van der Waals surface area contributed by atoms with Crippen molar-refractivity contribution in [1.29, 1.82) is 0 Å². The van der Waals surface area contributed by atoms with Gasteiger partial charge in [0.15, 0.2) is 0 Å². The number of methoxy groups -OCH3 is 1. The molecule has 0 saturated heterocycles. The van der Waals surface area contributed by atoms with Crippen LogP contribution in [0.4, 0.5) is 0 Å². The molecule has 1 aromatic heterocycles. The van der Waals surface area contributed by atoms with E-state index >= 15 is 0 Å². The van der Waals surface area contributed by atoms with Crippen LogP contribution in [0.15, 0.2) is 78.9 Å². The molecule has 0 atom stereocenters. The number of rotatable bonds is 9. The van der Waals surface area contributed by atoms with Gasteiger partial charge in [0.1, 0.15) is 17.1 Å². The zero-order chi connectivity index (χ0) is 21.5. The van der Waals surface area contributed by atoms with E-state index in [4.69, 9.17) is 26.5 Å². The summed E-state index contributed by atoms with van der Waals surface area (Å²) in [5, 5.41) is 13.8. The molecular weight excluding hydrogens is 408 g/mol. The molecule has 0 aliphatic heterocycles.